The number of carbonyl (C=O) groups excluding carboxylic acids is 2. The van der Waals surface area contributed by atoms with E-state index in [0.29, 0.717) is 18.9 Å². The monoisotopic (exact) mass is 332 g/mol. The molecule has 0 amide bonds. The first-order valence-corrected chi connectivity index (χ1v) is 7.30. The van der Waals surface area contributed by atoms with Gasteiger partial charge < -0.3 is 4.74 Å². The van der Waals surface area contributed by atoms with Gasteiger partial charge in [-0.25, -0.2) is 4.39 Å². The number of Topliss-reactive ketones (excluding diaryl/α,β-unsaturated/α-hetero) is 1. The van der Waals surface area contributed by atoms with Gasteiger partial charge in [-0.15, -0.1) is 0 Å². The number of carbonyl (C=O) groups is 2. The first-order chi connectivity index (χ1) is 10.7. The van der Waals surface area contributed by atoms with Gasteiger partial charge in [-0.3, -0.25) is 9.59 Å². The van der Waals surface area contributed by atoms with Crippen LogP contribution in [0.3, 0.4) is 0 Å². The molecule has 0 radical (unpaired) electrons. The summed E-state index contributed by atoms with van der Waals surface area (Å²) in [6.07, 6.45) is -3.57. The summed E-state index contributed by atoms with van der Waals surface area (Å²) in [5, 5.41) is 0. The van der Waals surface area contributed by atoms with Gasteiger partial charge in [0.25, 0.3) is 0 Å². The van der Waals surface area contributed by atoms with Crippen LogP contribution >= 0.6 is 0 Å². The lowest BCUT2D eigenvalue weighted by Gasteiger charge is -2.15. The number of esters is 1. The van der Waals surface area contributed by atoms with Gasteiger partial charge in [-0.05, 0) is 43.9 Å². The molecule has 1 aliphatic rings. The quantitative estimate of drug-likeness (QED) is 0.455. The summed E-state index contributed by atoms with van der Waals surface area (Å²) < 4.78 is 56.1. The van der Waals surface area contributed by atoms with E-state index in [1.54, 1.807) is 6.92 Å². The molecule has 0 N–H and O–H groups in total. The van der Waals surface area contributed by atoms with E-state index in [1.807, 2.05) is 0 Å². The molecule has 3 nitrogen and oxygen atoms in total. The van der Waals surface area contributed by atoms with Gasteiger partial charge in [0.05, 0.1) is 12.2 Å². The largest absolute Gasteiger partial charge is 0.465 e. The van der Waals surface area contributed by atoms with Crippen molar-refractivity contribution in [3.05, 3.63) is 35.1 Å². The Morgan fingerprint density at radius 2 is 1.96 bits per heavy atom. The molecule has 0 heterocycles. The minimum atomic E-state index is -4.78. The molecule has 7 heteroatoms. The normalized spacial score (nSPS) is 16.0. The molecule has 0 bridgehead atoms. The van der Waals surface area contributed by atoms with Crippen LogP contribution < -0.4 is 0 Å². The number of benzene rings is 1. The van der Waals surface area contributed by atoms with E-state index in [0.717, 1.165) is 12.1 Å². The second-order valence-corrected chi connectivity index (χ2v) is 5.50. The van der Waals surface area contributed by atoms with E-state index in [1.165, 1.54) is 0 Å². The lowest BCUT2D eigenvalue weighted by Crippen LogP contribution is -2.29. The highest BCUT2D eigenvalue weighted by atomic mass is 19.4. The maximum Gasteiger partial charge on any atom is 0.419 e. The molecule has 0 saturated heterocycles. The first-order valence-electron chi connectivity index (χ1n) is 7.30. The van der Waals surface area contributed by atoms with Gasteiger partial charge >= 0.3 is 12.1 Å². The molecule has 126 valence electrons. The number of rotatable bonds is 6. The molecule has 0 aromatic heterocycles. The molecular weight excluding hydrogens is 316 g/mol. The van der Waals surface area contributed by atoms with E-state index in [9.17, 15) is 27.2 Å². The third-order valence-corrected chi connectivity index (χ3v) is 3.67. The van der Waals surface area contributed by atoms with E-state index in [2.05, 4.69) is 0 Å². The number of hydrogen-bond donors (Lipinski definition) is 0. The van der Waals surface area contributed by atoms with Crippen LogP contribution in [0.15, 0.2) is 18.2 Å². The van der Waals surface area contributed by atoms with Crippen LogP contribution in [-0.2, 0) is 26.9 Å². The summed E-state index contributed by atoms with van der Waals surface area (Å²) in [7, 11) is 0. The standard InChI is InChI=1S/C16H16F4O3/c1-2-23-15(22)11(14(21)10-4-5-10)7-9-3-6-12(13(17)8-9)16(18,19)20/h3,6,8,10-11H,2,4-5,7H2,1H3. The fourth-order valence-electron chi connectivity index (χ4n) is 2.35. The van der Waals surface area contributed by atoms with Crippen molar-refractivity contribution < 1.29 is 31.9 Å². The summed E-state index contributed by atoms with van der Waals surface area (Å²) in [5.41, 5.74) is -1.22. The Labute approximate surface area is 130 Å². The Morgan fingerprint density at radius 3 is 2.43 bits per heavy atom. The average Bonchev–Trinajstić information content (AvgIpc) is 3.27. The van der Waals surface area contributed by atoms with Crippen LogP contribution in [0.2, 0.25) is 0 Å². The molecule has 1 aliphatic carbocycles. The van der Waals surface area contributed by atoms with E-state index < -0.39 is 29.4 Å². The highest BCUT2D eigenvalue weighted by Gasteiger charge is 2.39. The topological polar surface area (TPSA) is 43.4 Å². The fraction of sp³-hybridized carbons (Fsp3) is 0.500. The van der Waals surface area contributed by atoms with Crippen LogP contribution in [-0.4, -0.2) is 18.4 Å². The molecule has 1 unspecified atom stereocenters. The molecule has 23 heavy (non-hydrogen) atoms. The van der Waals surface area contributed by atoms with Crippen molar-refractivity contribution in [2.45, 2.75) is 32.4 Å². The van der Waals surface area contributed by atoms with Gasteiger partial charge in [0.1, 0.15) is 11.7 Å². The zero-order chi connectivity index (χ0) is 17.2. The van der Waals surface area contributed by atoms with Crippen molar-refractivity contribution in [2.75, 3.05) is 6.61 Å². The van der Waals surface area contributed by atoms with Gasteiger partial charge in [-0.1, -0.05) is 6.07 Å². The molecule has 2 rings (SSSR count). The van der Waals surface area contributed by atoms with E-state index >= 15 is 0 Å². The fourth-order valence-corrected chi connectivity index (χ4v) is 2.35. The summed E-state index contributed by atoms with van der Waals surface area (Å²) in [6.45, 7) is 1.68. The van der Waals surface area contributed by atoms with Crippen LogP contribution in [0.25, 0.3) is 0 Å². The van der Waals surface area contributed by atoms with E-state index in [4.69, 9.17) is 4.74 Å². The summed E-state index contributed by atoms with van der Waals surface area (Å²) in [4.78, 5) is 24.1. The van der Waals surface area contributed by atoms with Gasteiger partial charge in [-0.2, -0.15) is 13.2 Å². The Morgan fingerprint density at radius 1 is 1.30 bits per heavy atom. The molecule has 1 aromatic carbocycles. The molecule has 1 saturated carbocycles. The van der Waals surface area contributed by atoms with Crippen molar-refractivity contribution in [3.8, 4) is 0 Å². The lowest BCUT2D eigenvalue weighted by molar-refractivity contribution is -0.152. The predicted octanol–water partition coefficient (Wildman–Crippen LogP) is 3.55. The highest BCUT2D eigenvalue weighted by Crippen LogP contribution is 2.35. The van der Waals surface area contributed by atoms with Crippen LogP contribution in [0.5, 0.6) is 0 Å². The molecule has 0 aliphatic heterocycles. The Balaban J connectivity index is 2.20. The van der Waals surface area contributed by atoms with E-state index in [-0.39, 0.29) is 30.3 Å². The number of ketones is 1. The third kappa shape index (κ3) is 4.30. The average molecular weight is 332 g/mol. The molecule has 1 aromatic rings. The zero-order valence-corrected chi connectivity index (χ0v) is 12.5. The second kappa shape index (κ2) is 6.68. The zero-order valence-electron chi connectivity index (χ0n) is 12.5. The van der Waals surface area contributed by atoms with Gasteiger partial charge in [0.15, 0.2) is 5.78 Å². The first kappa shape index (κ1) is 17.4. The summed E-state index contributed by atoms with van der Waals surface area (Å²) in [5.74, 6) is -3.73. The number of halogens is 4. The van der Waals surface area contributed by atoms with Gasteiger partial charge in [0, 0.05) is 5.92 Å². The van der Waals surface area contributed by atoms with Crippen LogP contribution in [0.1, 0.15) is 30.9 Å². The van der Waals surface area contributed by atoms with Crippen molar-refractivity contribution in [3.63, 3.8) is 0 Å². The Kier molecular flexibility index (Phi) is 5.06. The second-order valence-electron chi connectivity index (χ2n) is 5.50. The minimum Gasteiger partial charge on any atom is -0.465 e. The van der Waals surface area contributed by atoms with Crippen molar-refractivity contribution >= 4 is 11.8 Å². The lowest BCUT2D eigenvalue weighted by atomic mass is 9.92. The third-order valence-electron chi connectivity index (χ3n) is 3.67. The Bertz CT molecular complexity index is 606. The van der Waals surface area contributed by atoms with Crippen molar-refractivity contribution in [1.82, 2.24) is 0 Å². The van der Waals surface area contributed by atoms with Crippen LogP contribution in [0.4, 0.5) is 17.6 Å². The predicted molar refractivity (Wildman–Crippen MR) is 73.0 cm³/mol. The highest BCUT2D eigenvalue weighted by molar-refractivity contribution is 6.01. The molecule has 0 spiro atoms. The van der Waals surface area contributed by atoms with Crippen molar-refractivity contribution in [2.24, 2.45) is 11.8 Å². The number of ether oxygens (including phenoxy) is 1. The minimum absolute atomic E-state index is 0.0919. The summed E-state index contributed by atoms with van der Waals surface area (Å²) >= 11 is 0. The van der Waals surface area contributed by atoms with Crippen LogP contribution in [0, 0.1) is 17.7 Å². The number of hydrogen-bond acceptors (Lipinski definition) is 3. The maximum absolute atomic E-state index is 13.6. The van der Waals surface area contributed by atoms with Gasteiger partial charge in [0.2, 0.25) is 0 Å². The van der Waals surface area contributed by atoms with Crippen molar-refractivity contribution in [1.29, 1.82) is 0 Å². The Hall–Kier alpha value is -1.92. The summed E-state index contributed by atoms with van der Waals surface area (Å²) in [6, 6.07) is 2.42. The maximum atomic E-state index is 13.6. The SMILES string of the molecule is CCOC(=O)C(Cc1ccc(C(F)(F)F)c(F)c1)C(=O)C1CC1. The smallest absolute Gasteiger partial charge is 0.419 e. The molecule has 1 fully saturated rings. The molecule has 1 atom stereocenters. The number of alkyl halides is 3. The molecular formula is C16H16F4O3.